The van der Waals surface area contributed by atoms with Gasteiger partial charge >= 0.3 is 5.97 Å². The molecule has 1 atom stereocenters. The topological polar surface area (TPSA) is 115 Å². The Bertz CT molecular complexity index is 1480. The molecule has 0 aliphatic carbocycles. The van der Waals surface area contributed by atoms with Gasteiger partial charge in [-0.2, -0.15) is 0 Å². The second kappa shape index (κ2) is 11.1. The minimum absolute atomic E-state index is 0.193. The molecular weight excluding hydrogens is 491 g/mol. The Morgan fingerprint density at radius 1 is 1.16 bits per heavy atom. The number of aromatic amines is 1. The summed E-state index contributed by atoms with van der Waals surface area (Å²) in [6.45, 7) is 3.54. The van der Waals surface area contributed by atoms with Crippen LogP contribution in [-0.2, 0) is 16.1 Å². The molecule has 0 unspecified atom stereocenters. The highest BCUT2D eigenvalue weighted by Gasteiger charge is 2.35. The van der Waals surface area contributed by atoms with E-state index in [0.29, 0.717) is 61.7 Å². The fourth-order valence-corrected chi connectivity index (χ4v) is 4.97. The first-order valence-electron chi connectivity index (χ1n) is 12.6. The van der Waals surface area contributed by atoms with Crippen molar-refractivity contribution < 1.29 is 18.7 Å². The van der Waals surface area contributed by atoms with Crippen molar-refractivity contribution in [2.75, 3.05) is 26.8 Å². The van der Waals surface area contributed by atoms with E-state index < -0.39 is 6.04 Å². The fraction of sp³-hybridized carbons (Fsp3) is 0.370. The van der Waals surface area contributed by atoms with Crippen molar-refractivity contribution in [1.82, 2.24) is 30.1 Å². The van der Waals surface area contributed by atoms with Crippen molar-refractivity contribution in [3.63, 3.8) is 0 Å². The summed E-state index contributed by atoms with van der Waals surface area (Å²) in [6, 6.07) is 12.8. The van der Waals surface area contributed by atoms with Crippen LogP contribution in [0.15, 0.2) is 53.3 Å². The van der Waals surface area contributed by atoms with Gasteiger partial charge in [-0.15, -0.1) is 5.10 Å². The normalized spacial score (nSPS) is 15.4. The van der Waals surface area contributed by atoms with Crippen LogP contribution < -0.4 is 10.3 Å². The van der Waals surface area contributed by atoms with Crippen LogP contribution in [0.25, 0.3) is 10.9 Å². The predicted octanol–water partition coefficient (Wildman–Crippen LogP) is 3.08. The molecule has 2 aromatic carbocycles. The number of nitrogens with zero attached hydrogens (tertiary/aromatic N) is 5. The van der Waals surface area contributed by atoms with E-state index in [2.05, 4.69) is 25.4 Å². The number of methoxy groups -OCH3 is 1. The van der Waals surface area contributed by atoms with Gasteiger partial charge in [0, 0.05) is 29.6 Å². The van der Waals surface area contributed by atoms with Crippen molar-refractivity contribution >= 4 is 16.9 Å². The Labute approximate surface area is 218 Å². The molecule has 1 aliphatic rings. The van der Waals surface area contributed by atoms with Crippen LogP contribution in [0.4, 0.5) is 4.39 Å². The number of halogens is 1. The first-order valence-corrected chi connectivity index (χ1v) is 12.6. The van der Waals surface area contributed by atoms with E-state index in [4.69, 9.17) is 9.47 Å². The second-order valence-corrected chi connectivity index (χ2v) is 9.29. The molecule has 0 bridgehead atoms. The van der Waals surface area contributed by atoms with E-state index in [-0.39, 0.29) is 23.3 Å². The summed E-state index contributed by atoms with van der Waals surface area (Å²) in [7, 11) is 1.59. The fourth-order valence-electron chi connectivity index (χ4n) is 4.97. The number of esters is 1. The number of aromatic nitrogens is 5. The lowest BCUT2D eigenvalue weighted by molar-refractivity contribution is -0.149. The van der Waals surface area contributed by atoms with Gasteiger partial charge in [-0.1, -0.05) is 12.1 Å². The zero-order chi connectivity index (χ0) is 26.6. The largest absolute Gasteiger partial charge is 0.497 e. The van der Waals surface area contributed by atoms with E-state index in [0.717, 1.165) is 10.9 Å². The van der Waals surface area contributed by atoms with Crippen molar-refractivity contribution in [3.05, 3.63) is 81.7 Å². The number of carbonyl (C=O) groups is 1. The molecule has 0 amide bonds. The number of carbonyl (C=O) groups excluding carboxylic acids is 1. The molecule has 10 nitrogen and oxygen atoms in total. The average molecular weight is 521 g/mol. The lowest BCUT2D eigenvalue weighted by atomic mass is 9.94. The van der Waals surface area contributed by atoms with Gasteiger partial charge in [0.15, 0.2) is 5.82 Å². The standard InChI is InChI=1S/C27H29FN6O4/c1-3-38-27(36)18-10-12-33(13-11-18)24(22-15-19-14-21(37-2)8-9-23(19)29-26(22)35)25-30-31-32-34(25)16-17-4-6-20(28)7-5-17/h4-9,14-15,18,24H,3,10-13,16H2,1-2H3,(H,29,35)/t24-/m0/s1. The highest BCUT2D eigenvalue weighted by atomic mass is 19.1. The Morgan fingerprint density at radius 3 is 2.63 bits per heavy atom. The van der Waals surface area contributed by atoms with Gasteiger partial charge < -0.3 is 14.5 Å². The molecule has 0 saturated carbocycles. The summed E-state index contributed by atoms with van der Waals surface area (Å²) in [4.78, 5) is 30.9. The van der Waals surface area contributed by atoms with E-state index >= 15 is 0 Å². The zero-order valence-corrected chi connectivity index (χ0v) is 21.3. The number of H-pyrrole nitrogens is 1. The lowest BCUT2D eigenvalue weighted by Crippen LogP contribution is -2.42. The van der Waals surface area contributed by atoms with Gasteiger partial charge in [0.1, 0.15) is 17.6 Å². The molecule has 38 heavy (non-hydrogen) atoms. The van der Waals surface area contributed by atoms with Crippen LogP contribution >= 0.6 is 0 Å². The van der Waals surface area contributed by atoms with Crippen molar-refractivity contribution in [3.8, 4) is 5.75 Å². The van der Waals surface area contributed by atoms with Gasteiger partial charge in [-0.25, -0.2) is 9.07 Å². The molecule has 1 saturated heterocycles. The Morgan fingerprint density at radius 2 is 1.92 bits per heavy atom. The third kappa shape index (κ3) is 5.28. The summed E-state index contributed by atoms with van der Waals surface area (Å²) >= 11 is 0. The Balaban J connectivity index is 1.55. The van der Waals surface area contributed by atoms with Crippen molar-refractivity contribution in [2.45, 2.75) is 32.4 Å². The molecule has 1 fully saturated rings. The van der Waals surface area contributed by atoms with Gasteiger partial charge in [0.2, 0.25) is 0 Å². The third-order valence-electron chi connectivity index (χ3n) is 6.94. The number of hydrogen-bond donors (Lipinski definition) is 1. The smallest absolute Gasteiger partial charge is 0.309 e. The van der Waals surface area contributed by atoms with Crippen LogP contribution in [0.2, 0.25) is 0 Å². The molecule has 5 rings (SSSR count). The molecule has 4 aromatic rings. The van der Waals surface area contributed by atoms with Crippen molar-refractivity contribution in [2.24, 2.45) is 5.92 Å². The van der Waals surface area contributed by atoms with Gasteiger partial charge in [0.05, 0.1) is 26.2 Å². The number of nitrogens with one attached hydrogen (secondary N) is 1. The quantitative estimate of drug-likeness (QED) is 0.353. The monoisotopic (exact) mass is 520 g/mol. The highest BCUT2D eigenvalue weighted by molar-refractivity contribution is 5.80. The predicted molar refractivity (Wildman–Crippen MR) is 137 cm³/mol. The van der Waals surface area contributed by atoms with E-state index in [1.807, 2.05) is 12.1 Å². The summed E-state index contributed by atoms with van der Waals surface area (Å²) in [6.07, 6.45) is 1.18. The molecule has 1 aliphatic heterocycles. The number of piperidine rings is 1. The highest BCUT2D eigenvalue weighted by Crippen LogP contribution is 2.32. The zero-order valence-electron chi connectivity index (χ0n) is 21.3. The van der Waals surface area contributed by atoms with E-state index in [1.165, 1.54) is 12.1 Å². The molecule has 11 heteroatoms. The molecular formula is C27H29FN6O4. The minimum atomic E-state index is -0.576. The lowest BCUT2D eigenvalue weighted by Gasteiger charge is -2.36. The molecule has 1 N–H and O–H groups in total. The molecule has 198 valence electrons. The van der Waals surface area contributed by atoms with Gasteiger partial charge in [-0.05, 0) is 72.2 Å². The first kappa shape index (κ1) is 25.5. The summed E-state index contributed by atoms with van der Waals surface area (Å²) < 4.78 is 25.7. The Kier molecular flexibility index (Phi) is 7.45. The van der Waals surface area contributed by atoms with Crippen LogP contribution in [-0.4, -0.2) is 62.9 Å². The first-order chi connectivity index (χ1) is 18.5. The second-order valence-electron chi connectivity index (χ2n) is 9.29. The minimum Gasteiger partial charge on any atom is -0.497 e. The maximum absolute atomic E-state index is 13.5. The molecule has 3 heterocycles. The van der Waals surface area contributed by atoms with Crippen LogP contribution in [0.1, 0.15) is 42.8 Å². The maximum Gasteiger partial charge on any atom is 0.309 e. The number of rotatable bonds is 8. The number of pyridine rings is 1. The van der Waals surface area contributed by atoms with Crippen LogP contribution in [0.3, 0.4) is 0 Å². The maximum atomic E-state index is 13.5. The molecule has 0 radical (unpaired) electrons. The van der Waals surface area contributed by atoms with E-state index in [1.54, 1.807) is 43.0 Å². The number of likely N-dealkylation sites (tertiary alicyclic amines) is 1. The van der Waals surface area contributed by atoms with Crippen LogP contribution in [0.5, 0.6) is 5.75 Å². The summed E-state index contributed by atoms with van der Waals surface area (Å²) in [5, 5.41) is 13.3. The van der Waals surface area contributed by atoms with Crippen molar-refractivity contribution in [1.29, 1.82) is 0 Å². The summed E-state index contributed by atoms with van der Waals surface area (Å²) in [5.74, 6) is 0.438. The number of fused-ring (bicyclic) bond motifs is 1. The number of benzene rings is 2. The molecule has 0 spiro atoms. The number of hydrogen-bond acceptors (Lipinski definition) is 8. The average Bonchev–Trinajstić information content (AvgIpc) is 3.38. The number of ether oxygens (including phenoxy) is 2. The summed E-state index contributed by atoms with van der Waals surface area (Å²) in [5.41, 5.74) is 1.73. The van der Waals surface area contributed by atoms with Crippen LogP contribution in [0, 0.1) is 11.7 Å². The van der Waals surface area contributed by atoms with E-state index in [9.17, 15) is 14.0 Å². The number of tetrazole rings is 1. The Hall–Kier alpha value is -4.12. The third-order valence-corrected chi connectivity index (χ3v) is 6.94. The van der Waals surface area contributed by atoms with Gasteiger partial charge in [-0.3, -0.25) is 14.5 Å². The van der Waals surface area contributed by atoms with Gasteiger partial charge in [0.25, 0.3) is 5.56 Å². The SMILES string of the molecule is CCOC(=O)C1CCN([C@@H](c2cc3cc(OC)ccc3[nH]c2=O)c2nnnn2Cc2ccc(F)cc2)CC1. The molecule has 2 aromatic heterocycles.